The summed E-state index contributed by atoms with van der Waals surface area (Å²) in [6.07, 6.45) is 0. The average Bonchev–Trinajstić information content (AvgIpc) is 2.38. The first-order valence-electron chi connectivity index (χ1n) is 6.13. The zero-order chi connectivity index (χ0) is 14.9. The van der Waals surface area contributed by atoms with Crippen molar-refractivity contribution >= 4 is 50.0 Å². The van der Waals surface area contributed by atoms with Crippen LogP contribution in [0.25, 0.3) is 0 Å². The van der Waals surface area contributed by atoms with Crippen LogP contribution in [-0.4, -0.2) is 45.5 Å². The third kappa shape index (κ3) is 3.83. The summed E-state index contributed by atoms with van der Waals surface area (Å²) in [4.78, 5) is 0.0909. The molecule has 120 valence electrons. The Kier molecular flexibility index (Phi) is 6.77. The van der Waals surface area contributed by atoms with Crippen molar-refractivity contribution in [2.45, 2.75) is 17.9 Å². The van der Waals surface area contributed by atoms with Gasteiger partial charge in [-0.3, -0.25) is 0 Å². The van der Waals surface area contributed by atoms with E-state index in [1.54, 1.807) is 6.07 Å². The van der Waals surface area contributed by atoms with E-state index in [4.69, 9.17) is 16.3 Å². The molecule has 1 fully saturated rings. The Bertz CT molecular complexity index is 613. The highest BCUT2D eigenvalue weighted by molar-refractivity contribution is 9.10. The van der Waals surface area contributed by atoms with Gasteiger partial charge in [-0.1, -0.05) is 11.6 Å². The van der Waals surface area contributed by atoms with Crippen LogP contribution in [-0.2, 0) is 10.0 Å². The van der Waals surface area contributed by atoms with E-state index < -0.39 is 10.0 Å². The highest BCUT2D eigenvalue weighted by Crippen LogP contribution is 2.37. The fourth-order valence-electron chi connectivity index (χ4n) is 2.23. The van der Waals surface area contributed by atoms with E-state index in [0.717, 1.165) is 0 Å². The van der Waals surface area contributed by atoms with Gasteiger partial charge in [-0.05, 0) is 35.0 Å². The number of hydrogen-bond donors (Lipinski definition) is 1. The van der Waals surface area contributed by atoms with Gasteiger partial charge < -0.3 is 10.1 Å². The molecule has 1 saturated heterocycles. The predicted octanol–water partition coefficient (Wildman–Crippen LogP) is 2.52. The predicted molar refractivity (Wildman–Crippen MR) is 89.2 cm³/mol. The highest BCUT2D eigenvalue weighted by atomic mass is 79.9. The van der Waals surface area contributed by atoms with Crippen molar-refractivity contribution in [1.82, 2.24) is 9.62 Å². The smallest absolute Gasteiger partial charge is 0.247 e. The number of rotatable bonds is 3. The van der Waals surface area contributed by atoms with Crippen molar-refractivity contribution in [3.05, 3.63) is 21.6 Å². The SMILES string of the molecule is COc1c(Br)cc(Cl)cc1S(=O)(=O)N1CCNC[C@@H]1C.Cl. The van der Waals surface area contributed by atoms with Crippen LogP contribution >= 0.6 is 39.9 Å². The second-order valence-electron chi connectivity index (χ2n) is 4.59. The molecule has 5 nitrogen and oxygen atoms in total. The quantitative estimate of drug-likeness (QED) is 0.817. The third-order valence-corrected chi connectivity index (χ3v) is 6.03. The first-order chi connectivity index (χ1) is 9.37. The Morgan fingerprint density at radius 2 is 2.14 bits per heavy atom. The van der Waals surface area contributed by atoms with E-state index in [2.05, 4.69) is 21.2 Å². The Morgan fingerprint density at radius 3 is 2.71 bits per heavy atom. The second kappa shape index (κ2) is 7.48. The molecular formula is C12H17BrCl2N2O3S. The number of sulfonamides is 1. The lowest BCUT2D eigenvalue weighted by atomic mass is 10.3. The molecule has 21 heavy (non-hydrogen) atoms. The lowest BCUT2D eigenvalue weighted by molar-refractivity contribution is 0.282. The molecule has 0 saturated carbocycles. The van der Waals surface area contributed by atoms with E-state index in [-0.39, 0.29) is 29.1 Å². The van der Waals surface area contributed by atoms with E-state index in [1.165, 1.54) is 17.5 Å². The summed E-state index contributed by atoms with van der Waals surface area (Å²) in [5.41, 5.74) is 0. The maximum atomic E-state index is 12.8. The van der Waals surface area contributed by atoms with Gasteiger partial charge >= 0.3 is 0 Å². The van der Waals surface area contributed by atoms with Crippen molar-refractivity contribution in [2.75, 3.05) is 26.7 Å². The first-order valence-corrected chi connectivity index (χ1v) is 8.74. The molecule has 0 aromatic heterocycles. The molecule has 0 unspecified atom stereocenters. The van der Waals surface area contributed by atoms with Crippen LogP contribution in [0.1, 0.15) is 6.92 Å². The maximum absolute atomic E-state index is 12.8. The van der Waals surface area contributed by atoms with Crippen LogP contribution in [0, 0.1) is 0 Å². The summed E-state index contributed by atoms with van der Waals surface area (Å²) in [6.45, 7) is 3.56. The van der Waals surface area contributed by atoms with Crippen LogP contribution < -0.4 is 10.1 Å². The maximum Gasteiger partial charge on any atom is 0.247 e. The average molecular weight is 420 g/mol. The van der Waals surface area contributed by atoms with Crippen LogP contribution in [0.4, 0.5) is 0 Å². The second-order valence-corrected chi connectivity index (χ2v) is 7.74. The monoisotopic (exact) mass is 418 g/mol. The molecule has 1 atom stereocenters. The van der Waals surface area contributed by atoms with Gasteiger partial charge in [-0.2, -0.15) is 4.31 Å². The van der Waals surface area contributed by atoms with Crippen molar-refractivity contribution in [3.63, 3.8) is 0 Å². The minimum Gasteiger partial charge on any atom is -0.494 e. The molecule has 1 heterocycles. The normalized spacial score (nSPS) is 19.9. The van der Waals surface area contributed by atoms with E-state index in [9.17, 15) is 8.42 Å². The Balaban J connectivity index is 0.00000220. The lowest BCUT2D eigenvalue weighted by Gasteiger charge is -2.33. The number of benzene rings is 1. The summed E-state index contributed by atoms with van der Waals surface area (Å²) in [5, 5.41) is 3.51. The number of halogens is 3. The summed E-state index contributed by atoms with van der Waals surface area (Å²) >= 11 is 9.26. The van der Waals surface area contributed by atoms with Gasteiger partial charge in [0.15, 0.2) is 5.75 Å². The number of methoxy groups -OCH3 is 1. The molecule has 2 rings (SSSR count). The topological polar surface area (TPSA) is 58.6 Å². The zero-order valence-corrected chi connectivity index (χ0v) is 15.6. The number of ether oxygens (including phenoxy) is 1. The molecule has 0 bridgehead atoms. The molecule has 9 heteroatoms. The van der Waals surface area contributed by atoms with Gasteiger partial charge in [0.25, 0.3) is 0 Å². The molecule has 0 amide bonds. The standard InChI is InChI=1S/C12H16BrClN2O3S.ClH/c1-8-7-15-3-4-16(8)20(17,18)11-6-9(14)5-10(13)12(11)19-2;/h5-6,8,15H,3-4,7H2,1-2H3;1H/t8-;/m0./s1. The number of piperazine rings is 1. The molecule has 1 aliphatic heterocycles. The van der Waals surface area contributed by atoms with Gasteiger partial charge in [-0.15, -0.1) is 12.4 Å². The van der Waals surface area contributed by atoms with Crippen molar-refractivity contribution in [3.8, 4) is 5.75 Å². The summed E-state index contributed by atoms with van der Waals surface area (Å²) in [7, 11) is -2.21. The van der Waals surface area contributed by atoms with Crippen LogP contribution in [0.5, 0.6) is 5.75 Å². The third-order valence-electron chi connectivity index (χ3n) is 3.21. The van der Waals surface area contributed by atoms with Gasteiger partial charge in [0.1, 0.15) is 4.90 Å². The molecule has 1 aromatic rings. The first kappa shape index (κ1) is 19.0. The molecular weight excluding hydrogens is 403 g/mol. The van der Waals surface area contributed by atoms with Gasteiger partial charge in [0.05, 0.1) is 11.6 Å². The van der Waals surface area contributed by atoms with Crippen molar-refractivity contribution in [2.24, 2.45) is 0 Å². The van der Waals surface area contributed by atoms with E-state index in [1.807, 2.05) is 6.92 Å². The Morgan fingerprint density at radius 1 is 1.48 bits per heavy atom. The van der Waals surface area contributed by atoms with Crippen molar-refractivity contribution < 1.29 is 13.2 Å². The fraction of sp³-hybridized carbons (Fsp3) is 0.500. The van der Waals surface area contributed by atoms with Gasteiger partial charge in [0, 0.05) is 30.7 Å². The van der Waals surface area contributed by atoms with Crippen molar-refractivity contribution in [1.29, 1.82) is 0 Å². The number of hydrogen-bond acceptors (Lipinski definition) is 4. The molecule has 1 aliphatic rings. The molecule has 0 aliphatic carbocycles. The lowest BCUT2D eigenvalue weighted by Crippen LogP contribution is -2.52. The highest BCUT2D eigenvalue weighted by Gasteiger charge is 2.34. The largest absolute Gasteiger partial charge is 0.494 e. The van der Waals surface area contributed by atoms with Gasteiger partial charge in [-0.25, -0.2) is 8.42 Å². The molecule has 1 N–H and O–H groups in total. The molecule has 0 spiro atoms. The summed E-state index contributed by atoms with van der Waals surface area (Å²) in [6, 6.07) is 2.92. The summed E-state index contributed by atoms with van der Waals surface area (Å²) in [5.74, 6) is 0.278. The van der Waals surface area contributed by atoms with Crippen LogP contribution in [0.15, 0.2) is 21.5 Å². The minimum atomic E-state index is -3.65. The van der Waals surface area contributed by atoms with Crippen LogP contribution in [0.3, 0.4) is 0 Å². The van der Waals surface area contributed by atoms with Gasteiger partial charge in [0.2, 0.25) is 10.0 Å². The van der Waals surface area contributed by atoms with Crippen LogP contribution in [0.2, 0.25) is 5.02 Å². The minimum absolute atomic E-state index is 0. The number of nitrogens with one attached hydrogen (secondary N) is 1. The molecule has 1 aromatic carbocycles. The number of nitrogens with zero attached hydrogens (tertiary/aromatic N) is 1. The van der Waals surface area contributed by atoms with E-state index >= 15 is 0 Å². The Labute approximate surface area is 144 Å². The zero-order valence-electron chi connectivity index (χ0n) is 11.6. The summed E-state index contributed by atoms with van der Waals surface area (Å²) < 4.78 is 32.9. The Hall–Kier alpha value is -0.0500. The fourth-order valence-corrected chi connectivity index (χ4v) is 5.24. The molecule has 0 radical (unpaired) electrons. The van der Waals surface area contributed by atoms with E-state index in [0.29, 0.717) is 29.1 Å².